The summed E-state index contributed by atoms with van der Waals surface area (Å²) in [5, 5.41) is 0.0247. The zero-order valence-electron chi connectivity index (χ0n) is 14.1. The van der Waals surface area contributed by atoms with Crippen LogP contribution in [0.25, 0.3) is 11.2 Å². The molecule has 1 amide bonds. The Kier molecular flexibility index (Phi) is 4.87. The maximum Gasteiger partial charge on any atom is 0.410 e. The molecule has 8 nitrogen and oxygen atoms in total. The average molecular weight is 392 g/mol. The summed E-state index contributed by atoms with van der Waals surface area (Å²) >= 11 is 5.65. The molecule has 0 aliphatic carbocycles. The van der Waals surface area contributed by atoms with Gasteiger partial charge in [0.1, 0.15) is 36.2 Å². The van der Waals surface area contributed by atoms with E-state index in [1.54, 1.807) is 12.3 Å². The van der Waals surface area contributed by atoms with Gasteiger partial charge in [-0.3, -0.25) is 0 Å². The molecule has 0 saturated carbocycles. The topological polar surface area (TPSA) is 93.2 Å². The first kappa shape index (κ1) is 17.6. The van der Waals surface area contributed by atoms with E-state index in [9.17, 15) is 9.18 Å². The minimum Gasteiger partial charge on any atom is -0.445 e. The van der Waals surface area contributed by atoms with Gasteiger partial charge in [0.25, 0.3) is 0 Å². The molecule has 4 rings (SSSR count). The molecule has 27 heavy (non-hydrogen) atoms. The number of aromatic nitrogens is 4. The quantitative estimate of drug-likeness (QED) is 0.738. The van der Waals surface area contributed by atoms with Gasteiger partial charge in [-0.1, -0.05) is 17.7 Å². The molecule has 1 atom stereocenters. The standard InChI is InChI=1S/C17H15ClFN5O3/c18-11-2-1-10(5-12(11)19)8-27-17(25)24-3-4-26-14(7-24)16-22-13-6-20-9-21-15(13)23-16/h1-2,5-6,9,14H,3-4,7-8H2,(H,20,21,22,23). The van der Waals surface area contributed by atoms with E-state index in [2.05, 4.69) is 19.9 Å². The van der Waals surface area contributed by atoms with E-state index < -0.39 is 18.0 Å². The van der Waals surface area contributed by atoms with Crippen molar-refractivity contribution in [2.75, 3.05) is 19.7 Å². The summed E-state index contributed by atoms with van der Waals surface area (Å²) in [6.45, 7) is 0.971. The van der Waals surface area contributed by atoms with E-state index in [-0.39, 0.29) is 18.2 Å². The fraction of sp³-hybridized carbons (Fsp3) is 0.294. The van der Waals surface area contributed by atoms with Crippen molar-refractivity contribution in [2.24, 2.45) is 0 Å². The molecule has 1 aliphatic rings. The minimum atomic E-state index is -0.551. The molecular weight excluding hydrogens is 377 g/mol. The Morgan fingerprint density at radius 1 is 1.48 bits per heavy atom. The van der Waals surface area contributed by atoms with Crippen molar-refractivity contribution in [2.45, 2.75) is 12.7 Å². The highest BCUT2D eigenvalue weighted by Crippen LogP contribution is 2.22. The number of halogens is 2. The number of rotatable bonds is 3. The van der Waals surface area contributed by atoms with E-state index in [1.165, 1.54) is 23.4 Å². The van der Waals surface area contributed by atoms with Crippen molar-refractivity contribution in [1.82, 2.24) is 24.8 Å². The lowest BCUT2D eigenvalue weighted by molar-refractivity contribution is -0.0330. The number of nitrogens with zero attached hydrogens (tertiary/aromatic N) is 4. The van der Waals surface area contributed by atoms with Crippen LogP contribution in [0.5, 0.6) is 0 Å². The Labute approximate surface area is 158 Å². The SMILES string of the molecule is O=C(OCc1ccc(Cl)c(F)c1)N1CCOC(c2nc3ncncc3[nH]2)C1. The number of fused-ring (bicyclic) bond motifs is 1. The summed E-state index contributed by atoms with van der Waals surface area (Å²) < 4.78 is 24.5. The lowest BCUT2D eigenvalue weighted by Crippen LogP contribution is -2.42. The van der Waals surface area contributed by atoms with E-state index in [4.69, 9.17) is 21.1 Å². The number of carbonyl (C=O) groups is 1. The van der Waals surface area contributed by atoms with E-state index >= 15 is 0 Å². The lowest BCUT2D eigenvalue weighted by Gasteiger charge is -2.31. The van der Waals surface area contributed by atoms with Gasteiger partial charge in [0.15, 0.2) is 5.65 Å². The summed E-state index contributed by atoms with van der Waals surface area (Å²) in [7, 11) is 0. The maximum atomic E-state index is 13.5. The summed E-state index contributed by atoms with van der Waals surface area (Å²) in [5.74, 6) is 0.0207. The van der Waals surface area contributed by atoms with Crippen LogP contribution >= 0.6 is 11.6 Å². The van der Waals surface area contributed by atoms with Crippen LogP contribution < -0.4 is 0 Å². The van der Waals surface area contributed by atoms with Crippen molar-refractivity contribution in [3.63, 3.8) is 0 Å². The molecule has 1 saturated heterocycles. The number of morpholine rings is 1. The monoisotopic (exact) mass is 391 g/mol. The average Bonchev–Trinajstić information content (AvgIpc) is 3.13. The van der Waals surface area contributed by atoms with Crippen molar-refractivity contribution < 1.29 is 18.7 Å². The molecule has 3 heterocycles. The zero-order valence-corrected chi connectivity index (χ0v) is 14.8. The summed E-state index contributed by atoms with van der Waals surface area (Å²) in [6.07, 6.45) is 2.11. The molecule has 0 bridgehead atoms. The minimum absolute atomic E-state index is 0.0247. The Morgan fingerprint density at radius 3 is 3.19 bits per heavy atom. The predicted molar refractivity (Wildman–Crippen MR) is 93.5 cm³/mol. The first-order chi connectivity index (χ1) is 13.1. The van der Waals surface area contributed by atoms with Gasteiger partial charge in [-0.15, -0.1) is 0 Å². The molecule has 1 aromatic carbocycles. The Balaban J connectivity index is 1.39. The predicted octanol–water partition coefficient (Wildman–Crippen LogP) is 2.86. The molecular formula is C17H15ClFN5O3. The highest BCUT2D eigenvalue weighted by molar-refractivity contribution is 6.30. The number of aromatic amines is 1. The van der Waals surface area contributed by atoms with Crippen LogP contribution in [-0.2, 0) is 16.1 Å². The van der Waals surface area contributed by atoms with E-state index in [0.29, 0.717) is 35.7 Å². The van der Waals surface area contributed by atoms with Crippen LogP contribution in [0.2, 0.25) is 5.02 Å². The number of carbonyl (C=O) groups excluding carboxylic acids is 1. The van der Waals surface area contributed by atoms with Crippen LogP contribution in [0.1, 0.15) is 17.5 Å². The van der Waals surface area contributed by atoms with Gasteiger partial charge in [0.05, 0.1) is 24.4 Å². The molecule has 1 unspecified atom stereocenters. The third-order valence-corrected chi connectivity index (χ3v) is 4.46. The lowest BCUT2D eigenvalue weighted by atomic mass is 10.2. The second-order valence-electron chi connectivity index (χ2n) is 5.99. The van der Waals surface area contributed by atoms with E-state index in [1.807, 2.05) is 0 Å². The Morgan fingerprint density at radius 2 is 2.37 bits per heavy atom. The second kappa shape index (κ2) is 7.45. The van der Waals surface area contributed by atoms with Crippen LogP contribution in [-0.4, -0.2) is 50.6 Å². The van der Waals surface area contributed by atoms with Gasteiger partial charge >= 0.3 is 6.09 Å². The van der Waals surface area contributed by atoms with E-state index in [0.717, 1.165) is 0 Å². The normalized spacial score (nSPS) is 17.3. The van der Waals surface area contributed by atoms with Gasteiger partial charge in [-0.25, -0.2) is 24.1 Å². The summed E-state index contributed by atoms with van der Waals surface area (Å²) in [5.41, 5.74) is 1.75. The maximum absolute atomic E-state index is 13.5. The molecule has 0 spiro atoms. The largest absolute Gasteiger partial charge is 0.445 e. The fourth-order valence-corrected chi connectivity index (χ4v) is 2.90. The number of imidazole rings is 1. The van der Waals surface area contributed by atoms with Crippen LogP contribution in [0.4, 0.5) is 9.18 Å². The molecule has 1 fully saturated rings. The molecule has 140 valence electrons. The van der Waals surface area contributed by atoms with Crippen molar-refractivity contribution in [1.29, 1.82) is 0 Å². The van der Waals surface area contributed by atoms with Crippen molar-refractivity contribution >= 4 is 28.9 Å². The molecule has 2 aromatic heterocycles. The first-order valence-corrected chi connectivity index (χ1v) is 8.61. The summed E-state index contributed by atoms with van der Waals surface area (Å²) in [4.78, 5) is 29.4. The van der Waals surface area contributed by atoms with Gasteiger partial charge in [-0.2, -0.15) is 0 Å². The van der Waals surface area contributed by atoms with Crippen molar-refractivity contribution in [3.8, 4) is 0 Å². The first-order valence-electron chi connectivity index (χ1n) is 8.23. The third-order valence-electron chi connectivity index (χ3n) is 4.16. The molecule has 0 radical (unpaired) electrons. The fourth-order valence-electron chi connectivity index (χ4n) is 2.78. The van der Waals surface area contributed by atoms with Gasteiger partial charge < -0.3 is 19.4 Å². The van der Waals surface area contributed by atoms with Crippen LogP contribution in [0.15, 0.2) is 30.7 Å². The van der Waals surface area contributed by atoms with Gasteiger partial charge in [0.2, 0.25) is 0 Å². The summed E-state index contributed by atoms with van der Waals surface area (Å²) in [6, 6.07) is 4.28. The highest BCUT2D eigenvalue weighted by Gasteiger charge is 2.28. The molecule has 1 N–H and O–H groups in total. The van der Waals surface area contributed by atoms with Gasteiger partial charge in [-0.05, 0) is 17.7 Å². The van der Waals surface area contributed by atoms with Crippen LogP contribution in [0, 0.1) is 5.82 Å². The number of hydrogen-bond acceptors (Lipinski definition) is 6. The zero-order chi connectivity index (χ0) is 18.8. The Bertz CT molecular complexity index is 949. The third kappa shape index (κ3) is 3.83. The Hall–Kier alpha value is -2.78. The highest BCUT2D eigenvalue weighted by atomic mass is 35.5. The second-order valence-corrected chi connectivity index (χ2v) is 6.40. The number of nitrogens with one attached hydrogen (secondary N) is 1. The molecule has 1 aliphatic heterocycles. The van der Waals surface area contributed by atoms with Crippen LogP contribution in [0.3, 0.4) is 0 Å². The number of benzene rings is 1. The van der Waals surface area contributed by atoms with Crippen molar-refractivity contribution in [3.05, 3.63) is 53.0 Å². The number of hydrogen-bond donors (Lipinski definition) is 1. The smallest absolute Gasteiger partial charge is 0.410 e. The van der Waals surface area contributed by atoms with Gasteiger partial charge in [0, 0.05) is 6.54 Å². The number of amides is 1. The molecule has 3 aromatic rings. The molecule has 10 heteroatoms. The number of H-pyrrole nitrogens is 1. The number of ether oxygens (including phenoxy) is 2.